The zero-order chi connectivity index (χ0) is 21.7. The van der Waals surface area contributed by atoms with E-state index in [1.54, 1.807) is 4.90 Å². The molecule has 0 aliphatic carbocycles. The van der Waals surface area contributed by atoms with E-state index in [4.69, 9.17) is 0 Å². The number of rotatable bonds is 5. The molecule has 1 fully saturated rings. The summed E-state index contributed by atoms with van der Waals surface area (Å²) in [5, 5.41) is 6.00. The third-order valence-electron chi connectivity index (χ3n) is 5.44. The fraction of sp³-hybridized carbons (Fsp3) is 0.417. The Balaban J connectivity index is 1.75. The molecule has 2 atom stereocenters. The largest absolute Gasteiger partial charge is 0.378 e. The normalized spacial score (nSPS) is 18.8. The van der Waals surface area contributed by atoms with Crippen LogP contribution in [0, 0.1) is 5.92 Å². The smallest absolute Gasteiger partial charge is 0.317 e. The Bertz CT molecular complexity index is 849. The van der Waals surface area contributed by atoms with Gasteiger partial charge in [-0.05, 0) is 50.1 Å². The molecule has 160 valence electrons. The van der Waals surface area contributed by atoms with Crippen molar-refractivity contribution in [2.24, 2.45) is 5.92 Å². The molecule has 2 aromatic carbocycles. The molecule has 1 aliphatic rings. The molecule has 1 saturated heterocycles. The van der Waals surface area contributed by atoms with Crippen LogP contribution in [-0.2, 0) is 4.79 Å². The number of carbonyl (C=O) groups is 2. The molecule has 6 heteroatoms. The third-order valence-corrected chi connectivity index (χ3v) is 5.44. The van der Waals surface area contributed by atoms with Gasteiger partial charge in [-0.15, -0.1) is 0 Å². The highest BCUT2D eigenvalue weighted by atomic mass is 16.2. The molecule has 0 aromatic heterocycles. The lowest BCUT2D eigenvalue weighted by molar-refractivity contribution is -0.121. The van der Waals surface area contributed by atoms with Crippen LogP contribution in [0.3, 0.4) is 0 Å². The highest BCUT2D eigenvalue weighted by molar-refractivity contribution is 5.93. The summed E-state index contributed by atoms with van der Waals surface area (Å²) in [5.41, 5.74) is 3.00. The Kier molecular flexibility index (Phi) is 6.98. The van der Waals surface area contributed by atoms with E-state index < -0.39 is 0 Å². The van der Waals surface area contributed by atoms with Crippen LogP contribution in [0.25, 0.3) is 0 Å². The van der Waals surface area contributed by atoms with Gasteiger partial charge in [-0.1, -0.05) is 30.3 Å². The minimum absolute atomic E-state index is 0.0458. The Morgan fingerprint density at radius 2 is 1.67 bits per heavy atom. The molecule has 0 radical (unpaired) electrons. The Morgan fingerprint density at radius 3 is 2.27 bits per heavy atom. The second-order valence-electron chi connectivity index (χ2n) is 8.48. The fourth-order valence-electron chi connectivity index (χ4n) is 3.85. The van der Waals surface area contributed by atoms with Crippen molar-refractivity contribution in [1.82, 2.24) is 10.2 Å². The molecule has 3 amide bonds. The van der Waals surface area contributed by atoms with Gasteiger partial charge < -0.3 is 20.4 Å². The average molecular weight is 409 g/mol. The molecule has 6 nitrogen and oxygen atoms in total. The van der Waals surface area contributed by atoms with Crippen molar-refractivity contribution in [2.75, 3.05) is 37.4 Å². The van der Waals surface area contributed by atoms with E-state index in [-0.39, 0.29) is 29.8 Å². The number of carbonyl (C=O) groups excluding carboxylic acids is 2. The molecule has 2 aromatic rings. The highest BCUT2D eigenvalue weighted by Crippen LogP contribution is 2.31. The van der Waals surface area contributed by atoms with Gasteiger partial charge in [0.1, 0.15) is 0 Å². The number of hydrogen-bond acceptors (Lipinski definition) is 3. The average Bonchev–Trinajstić information content (AvgIpc) is 2.74. The van der Waals surface area contributed by atoms with Crippen LogP contribution < -0.4 is 15.5 Å². The first-order valence-corrected chi connectivity index (χ1v) is 10.5. The van der Waals surface area contributed by atoms with Gasteiger partial charge in [0.15, 0.2) is 0 Å². The maximum absolute atomic E-state index is 13.1. The first-order chi connectivity index (χ1) is 14.3. The van der Waals surface area contributed by atoms with Gasteiger partial charge >= 0.3 is 6.03 Å². The van der Waals surface area contributed by atoms with Crippen LogP contribution in [0.1, 0.15) is 31.7 Å². The van der Waals surface area contributed by atoms with Crippen LogP contribution in [0.4, 0.5) is 16.2 Å². The van der Waals surface area contributed by atoms with Crippen molar-refractivity contribution in [1.29, 1.82) is 0 Å². The van der Waals surface area contributed by atoms with Gasteiger partial charge in [0, 0.05) is 50.5 Å². The zero-order valence-electron chi connectivity index (χ0n) is 18.3. The molecule has 2 N–H and O–H groups in total. The van der Waals surface area contributed by atoms with Crippen molar-refractivity contribution in [2.45, 2.75) is 32.2 Å². The van der Waals surface area contributed by atoms with Gasteiger partial charge in [0.2, 0.25) is 5.91 Å². The highest BCUT2D eigenvalue weighted by Gasteiger charge is 2.34. The monoisotopic (exact) mass is 408 g/mol. The van der Waals surface area contributed by atoms with Crippen LogP contribution >= 0.6 is 0 Å². The number of benzene rings is 2. The first kappa shape index (κ1) is 21.7. The maximum atomic E-state index is 13.1. The van der Waals surface area contributed by atoms with Gasteiger partial charge in [-0.25, -0.2) is 4.79 Å². The number of urea groups is 1. The molecular formula is C24H32N4O2. The minimum atomic E-state index is -0.268. The summed E-state index contributed by atoms with van der Waals surface area (Å²) in [7, 11) is 3.96. The Hall–Kier alpha value is -3.02. The second-order valence-corrected chi connectivity index (χ2v) is 8.48. The summed E-state index contributed by atoms with van der Waals surface area (Å²) < 4.78 is 0. The molecule has 0 saturated carbocycles. The number of anilines is 2. The van der Waals surface area contributed by atoms with E-state index in [9.17, 15) is 9.59 Å². The van der Waals surface area contributed by atoms with E-state index in [0.717, 1.165) is 23.4 Å². The van der Waals surface area contributed by atoms with Crippen molar-refractivity contribution in [3.8, 4) is 0 Å². The van der Waals surface area contributed by atoms with Crippen molar-refractivity contribution in [3.63, 3.8) is 0 Å². The molecule has 1 aliphatic heterocycles. The van der Waals surface area contributed by atoms with Crippen LogP contribution in [-0.4, -0.2) is 50.1 Å². The Morgan fingerprint density at radius 1 is 1.00 bits per heavy atom. The SMILES string of the molecule is CC(C)NC(=O)N1CC(C(=O)Nc2ccc(N(C)C)cc2)CC(c2ccccc2)C1. The molecule has 30 heavy (non-hydrogen) atoms. The number of amides is 3. The lowest BCUT2D eigenvalue weighted by atomic mass is 9.84. The summed E-state index contributed by atoms with van der Waals surface area (Å²) in [5.74, 6) is -0.185. The molecular weight excluding hydrogens is 376 g/mol. The van der Waals surface area contributed by atoms with Gasteiger partial charge in [0.05, 0.1) is 5.92 Å². The standard InChI is InChI=1S/C24H32N4O2/c1-17(2)25-24(30)28-15-19(18-8-6-5-7-9-18)14-20(16-28)23(29)26-21-10-12-22(13-11-21)27(3)4/h5-13,17,19-20H,14-16H2,1-4H3,(H,25,30)(H,26,29). The third kappa shape index (κ3) is 5.53. The molecule has 0 spiro atoms. The fourth-order valence-corrected chi connectivity index (χ4v) is 3.85. The number of nitrogens with one attached hydrogen (secondary N) is 2. The molecule has 1 heterocycles. The van der Waals surface area contributed by atoms with Crippen molar-refractivity contribution < 1.29 is 9.59 Å². The topological polar surface area (TPSA) is 64.7 Å². The number of piperidine rings is 1. The van der Waals surface area contributed by atoms with Crippen LogP contribution in [0.15, 0.2) is 54.6 Å². The summed E-state index contributed by atoms with van der Waals surface area (Å²) in [4.78, 5) is 29.6. The van der Waals surface area contributed by atoms with Crippen LogP contribution in [0.5, 0.6) is 0 Å². The summed E-state index contributed by atoms with van der Waals surface area (Å²) in [6.45, 7) is 4.92. The number of likely N-dealkylation sites (tertiary alicyclic amines) is 1. The van der Waals surface area contributed by atoms with E-state index >= 15 is 0 Å². The molecule has 0 bridgehead atoms. The quantitative estimate of drug-likeness (QED) is 0.788. The summed E-state index contributed by atoms with van der Waals surface area (Å²) in [6.07, 6.45) is 0.719. The first-order valence-electron chi connectivity index (χ1n) is 10.5. The molecule has 2 unspecified atom stereocenters. The van der Waals surface area contributed by atoms with Crippen LogP contribution in [0.2, 0.25) is 0 Å². The van der Waals surface area contributed by atoms with E-state index in [1.807, 2.05) is 75.3 Å². The lowest BCUT2D eigenvalue weighted by Crippen LogP contribution is -2.51. The van der Waals surface area contributed by atoms with Gasteiger partial charge in [-0.3, -0.25) is 4.79 Å². The van der Waals surface area contributed by atoms with E-state index in [0.29, 0.717) is 13.1 Å². The second kappa shape index (κ2) is 9.65. The van der Waals surface area contributed by atoms with E-state index in [2.05, 4.69) is 22.8 Å². The number of hydrogen-bond donors (Lipinski definition) is 2. The van der Waals surface area contributed by atoms with Gasteiger partial charge in [0.25, 0.3) is 0 Å². The van der Waals surface area contributed by atoms with Gasteiger partial charge in [-0.2, -0.15) is 0 Å². The predicted molar refractivity (Wildman–Crippen MR) is 122 cm³/mol. The lowest BCUT2D eigenvalue weighted by Gasteiger charge is -2.37. The zero-order valence-corrected chi connectivity index (χ0v) is 18.3. The number of nitrogens with zero attached hydrogens (tertiary/aromatic N) is 2. The maximum Gasteiger partial charge on any atom is 0.317 e. The van der Waals surface area contributed by atoms with Crippen molar-refractivity contribution in [3.05, 3.63) is 60.2 Å². The van der Waals surface area contributed by atoms with E-state index in [1.165, 1.54) is 0 Å². The summed E-state index contributed by atoms with van der Waals surface area (Å²) in [6, 6.07) is 17.9. The summed E-state index contributed by atoms with van der Waals surface area (Å²) >= 11 is 0. The minimum Gasteiger partial charge on any atom is -0.378 e. The Labute approximate surface area is 179 Å². The van der Waals surface area contributed by atoms with Crippen molar-refractivity contribution >= 4 is 23.3 Å². The predicted octanol–water partition coefficient (Wildman–Crippen LogP) is 3.91. The molecule has 3 rings (SSSR count).